The number of esters is 1. The van der Waals surface area contributed by atoms with Crippen molar-refractivity contribution >= 4 is 16.9 Å². The normalized spacial score (nSPS) is 11.6. The summed E-state index contributed by atoms with van der Waals surface area (Å²) in [6, 6.07) is 13.6. The summed E-state index contributed by atoms with van der Waals surface area (Å²) in [6.45, 7) is 8.14. The molecule has 0 N–H and O–H groups in total. The third kappa shape index (κ3) is 6.00. The maximum atomic E-state index is 12.8. The van der Waals surface area contributed by atoms with Crippen molar-refractivity contribution in [2.45, 2.75) is 46.1 Å². The maximum absolute atomic E-state index is 12.8. The molecule has 0 aliphatic rings. The van der Waals surface area contributed by atoms with Crippen molar-refractivity contribution in [1.82, 2.24) is 0 Å². The Morgan fingerprint density at radius 1 is 1.03 bits per heavy atom. The molecule has 1 heterocycles. The third-order valence-corrected chi connectivity index (χ3v) is 4.35. The Morgan fingerprint density at radius 2 is 1.78 bits per heavy atom. The Hall–Kier alpha value is -3.54. The molecule has 0 saturated heterocycles. The summed E-state index contributed by atoms with van der Waals surface area (Å²) < 4.78 is 22.7. The van der Waals surface area contributed by atoms with Gasteiger partial charge in [0.25, 0.3) is 5.75 Å². The minimum Gasteiger partial charge on any atom is -0.488 e. The average molecular weight is 437 g/mol. The molecule has 6 nitrogen and oxygen atoms in total. The minimum atomic E-state index is -0.797. The maximum Gasteiger partial charge on any atom is 0.383 e. The van der Waals surface area contributed by atoms with Gasteiger partial charge in [0, 0.05) is 6.07 Å². The Labute approximate surface area is 187 Å². The Balaban J connectivity index is 2.01. The molecule has 32 heavy (non-hydrogen) atoms. The van der Waals surface area contributed by atoms with Crippen molar-refractivity contribution in [2.75, 3.05) is 6.61 Å². The van der Waals surface area contributed by atoms with Gasteiger partial charge >= 0.3 is 11.6 Å². The van der Waals surface area contributed by atoms with Crippen molar-refractivity contribution in [1.29, 1.82) is 0 Å². The van der Waals surface area contributed by atoms with E-state index in [1.165, 1.54) is 0 Å². The molecule has 0 amide bonds. The van der Waals surface area contributed by atoms with Crippen molar-refractivity contribution in [3.05, 3.63) is 76.7 Å². The number of fused-ring (bicyclic) bond motifs is 1. The van der Waals surface area contributed by atoms with E-state index in [2.05, 4.69) is 0 Å². The van der Waals surface area contributed by atoms with Crippen LogP contribution in [0.5, 0.6) is 17.2 Å². The van der Waals surface area contributed by atoms with Crippen LogP contribution in [-0.2, 0) is 0 Å². The van der Waals surface area contributed by atoms with Crippen LogP contribution in [0.4, 0.5) is 0 Å². The average Bonchev–Trinajstić information content (AvgIpc) is 2.74. The first-order valence-corrected chi connectivity index (χ1v) is 10.6. The van der Waals surface area contributed by atoms with Crippen LogP contribution < -0.4 is 19.8 Å². The summed E-state index contributed by atoms with van der Waals surface area (Å²) in [4.78, 5) is 25.4. The fraction of sp³-hybridized carbons (Fsp3) is 0.308. The van der Waals surface area contributed by atoms with E-state index < -0.39 is 17.2 Å². The zero-order chi connectivity index (χ0) is 23.1. The highest BCUT2D eigenvalue weighted by Gasteiger charge is 2.22. The van der Waals surface area contributed by atoms with Gasteiger partial charge in [0.15, 0.2) is 5.75 Å². The van der Waals surface area contributed by atoms with Crippen LogP contribution in [0.3, 0.4) is 0 Å². The topological polar surface area (TPSA) is 75.0 Å². The molecule has 0 aliphatic carbocycles. The Kier molecular flexibility index (Phi) is 7.36. The predicted octanol–water partition coefficient (Wildman–Crippen LogP) is 5.92. The van der Waals surface area contributed by atoms with Gasteiger partial charge in [-0.2, -0.15) is 0 Å². The molecule has 0 saturated carbocycles. The minimum absolute atomic E-state index is 0.174. The highest BCUT2D eigenvalue weighted by molar-refractivity contribution is 5.93. The van der Waals surface area contributed by atoms with Crippen LogP contribution >= 0.6 is 0 Å². The Morgan fingerprint density at radius 3 is 2.47 bits per heavy atom. The lowest BCUT2D eigenvalue weighted by Crippen LogP contribution is -2.22. The molecule has 0 unspecified atom stereocenters. The molecule has 1 aromatic heterocycles. The number of benzene rings is 2. The first kappa shape index (κ1) is 23.1. The van der Waals surface area contributed by atoms with E-state index in [0.717, 1.165) is 6.42 Å². The second kappa shape index (κ2) is 10.2. The molecular formula is C26H28O6. The largest absolute Gasteiger partial charge is 0.488 e. The third-order valence-electron chi connectivity index (χ3n) is 4.35. The van der Waals surface area contributed by atoms with Crippen LogP contribution in [0, 0.1) is 0 Å². The van der Waals surface area contributed by atoms with Crippen LogP contribution in [-0.4, -0.2) is 18.2 Å². The van der Waals surface area contributed by atoms with Gasteiger partial charge in [0.1, 0.15) is 16.9 Å². The molecule has 0 aliphatic heterocycles. The van der Waals surface area contributed by atoms with E-state index in [1.54, 1.807) is 48.5 Å². The van der Waals surface area contributed by atoms with Crippen molar-refractivity contribution in [3.8, 4) is 17.2 Å². The predicted molar refractivity (Wildman–Crippen MR) is 124 cm³/mol. The fourth-order valence-corrected chi connectivity index (χ4v) is 3.02. The first-order chi connectivity index (χ1) is 15.3. The smallest absolute Gasteiger partial charge is 0.383 e. The lowest BCUT2D eigenvalue weighted by atomic mass is 10.1. The highest BCUT2D eigenvalue weighted by Crippen LogP contribution is 2.35. The van der Waals surface area contributed by atoms with Crippen molar-refractivity contribution in [3.63, 3.8) is 0 Å². The quantitative estimate of drug-likeness (QED) is 0.189. The van der Waals surface area contributed by atoms with Crippen LogP contribution in [0.25, 0.3) is 11.0 Å². The standard InChI is InChI=1S/C26H28O6/c1-5-6-7-11-16-29-22-20-15-14-19(32-26(2,3)4)17-21(20)30-25(28)23(22)31-24(27)18-12-9-8-10-13-18/h6-10,12-15,17H,5,11,16H2,1-4H3. The van der Waals surface area contributed by atoms with Gasteiger partial charge in [-0.3, -0.25) is 0 Å². The zero-order valence-electron chi connectivity index (χ0n) is 18.8. The molecule has 0 atom stereocenters. The van der Waals surface area contributed by atoms with E-state index in [9.17, 15) is 9.59 Å². The highest BCUT2D eigenvalue weighted by atomic mass is 16.6. The monoisotopic (exact) mass is 436 g/mol. The molecule has 3 rings (SSSR count). The van der Waals surface area contributed by atoms with Gasteiger partial charge < -0.3 is 18.6 Å². The van der Waals surface area contributed by atoms with Crippen LogP contribution in [0.15, 0.2) is 69.9 Å². The number of hydrogen-bond acceptors (Lipinski definition) is 6. The number of hydrogen-bond donors (Lipinski definition) is 0. The number of carbonyl (C=O) groups is 1. The lowest BCUT2D eigenvalue weighted by molar-refractivity contribution is 0.0721. The summed E-state index contributed by atoms with van der Waals surface area (Å²) in [6.07, 6.45) is 5.60. The van der Waals surface area contributed by atoms with Gasteiger partial charge in [-0.05, 0) is 57.9 Å². The van der Waals surface area contributed by atoms with Crippen molar-refractivity contribution in [2.24, 2.45) is 0 Å². The summed E-state index contributed by atoms with van der Waals surface area (Å²) in [5, 5.41) is 0.515. The molecule has 2 aromatic carbocycles. The number of allylic oxidation sites excluding steroid dienone is 1. The molecule has 0 spiro atoms. The first-order valence-electron chi connectivity index (χ1n) is 10.6. The van der Waals surface area contributed by atoms with E-state index >= 15 is 0 Å². The second-order valence-corrected chi connectivity index (χ2v) is 8.19. The lowest BCUT2D eigenvalue weighted by Gasteiger charge is -2.21. The van der Waals surface area contributed by atoms with Gasteiger partial charge in [0.2, 0.25) is 0 Å². The number of rotatable bonds is 8. The summed E-state index contributed by atoms with van der Waals surface area (Å²) in [5.41, 5.74) is -0.605. The van der Waals surface area contributed by atoms with Crippen molar-refractivity contribution < 1.29 is 23.4 Å². The molecule has 0 radical (unpaired) electrons. The Bertz CT molecular complexity index is 1150. The van der Waals surface area contributed by atoms with E-state index in [1.807, 2.05) is 39.8 Å². The van der Waals surface area contributed by atoms with E-state index in [-0.39, 0.29) is 17.1 Å². The zero-order valence-corrected chi connectivity index (χ0v) is 18.8. The van der Waals surface area contributed by atoms with Crippen LogP contribution in [0.1, 0.15) is 50.9 Å². The number of carbonyl (C=O) groups excluding carboxylic acids is 1. The molecule has 0 bridgehead atoms. The summed E-state index contributed by atoms with van der Waals surface area (Å²) >= 11 is 0. The van der Waals surface area contributed by atoms with Crippen LogP contribution in [0.2, 0.25) is 0 Å². The molecule has 168 valence electrons. The van der Waals surface area contributed by atoms with Gasteiger partial charge in [-0.15, -0.1) is 0 Å². The second-order valence-electron chi connectivity index (χ2n) is 8.19. The van der Waals surface area contributed by atoms with E-state index in [4.69, 9.17) is 18.6 Å². The summed E-state index contributed by atoms with van der Waals surface area (Å²) in [5.74, 6) is -0.206. The number of ether oxygens (including phenoxy) is 3. The van der Waals surface area contributed by atoms with Gasteiger partial charge in [-0.1, -0.05) is 37.3 Å². The molecule has 6 heteroatoms. The SMILES string of the molecule is CCC=CCCOc1c(OC(=O)c2ccccc2)c(=O)oc2cc(OC(C)(C)C)ccc12. The van der Waals surface area contributed by atoms with E-state index in [0.29, 0.717) is 29.7 Å². The molecule has 0 fully saturated rings. The fourth-order valence-electron chi connectivity index (χ4n) is 3.02. The molecular weight excluding hydrogens is 408 g/mol. The van der Waals surface area contributed by atoms with Gasteiger partial charge in [-0.25, -0.2) is 9.59 Å². The summed E-state index contributed by atoms with van der Waals surface area (Å²) in [7, 11) is 0. The van der Waals surface area contributed by atoms with Gasteiger partial charge in [0.05, 0.1) is 17.6 Å². The molecule has 3 aromatic rings.